The number of nitrogens with one attached hydrogen (secondary N) is 1. The van der Waals surface area contributed by atoms with Crippen LogP contribution in [-0.4, -0.2) is 18.8 Å². The highest BCUT2D eigenvalue weighted by Crippen LogP contribution is 2.17. The molecule has 1 N–H and O–H groups in total. The van der Waals surface area contributed by atoms with Gasteiger partial charge in [-0.25, -0.2) is 0 Å². The van der Waals surface area contributed by atoms with Gasteiger partial charge in [-0.2, -0.15) is 5.26 Å². The van der Waals surface area contributed by atoms with Gasteiger partial charge in [0.1, 0.15) is 6.04 Å². The second-order valence-corrected chi connectivity index (χ2v) is 3.69. The fourth-order valence-corrected chi connectivity index (χ4v) is 1.83. The van der Waals surface area contributed by atoms with Crippen LogP contribution < -0.4 is 5.32 Å². The highest BCUT2D eigenvalue weighted by molar-refractivity contribution is 7.99. The average Bonchev–Trinajstić information content (AvgIpc) is 2.21. The second-order valence-electron chi connectivity index (χ2n) is 2.59. The van der Waals surface area contributed by atoms with Crippen LogP contribution in [0.25, 0.3) is 0 Å². The smallest absolute Gasteiger partial charge is 0.104 e. The van der Waals surface area contributed by atoms with Crippen molar-refractivity contribution in [3.63, 3.8) is 0 Å². The molecule has 0 bridgehead atoms. The molecule has 0 fully saturated rings. The van der Waals surface area contributed by atoms with Crippen molar-refractivity contribution in [2.24, 2.45) is 0 Å². The van der Waals surface area contributed by atoms with Crippen molar-refractivity contribution < 1.29 is 0 Å². The molecule has 0 aliphatic heterocycles. The summed E-state index contributed by atoms with van der Waals surface area (Å²) in [5, 5.41) is 11.6. The molecule has 0 saturated heterocycles. The van der Waals surface area contributed by atoms with Gasteiger partial charge < -0.3 is 5.32 Å². The summed E-state index contributed by atoms with van der Waals surface area (Å²) in [5.41, 5.74) is 0. The summed E-state index contributed by atoms with van der Waals surface area (Å²) in [5.74, 6) is 0.789. The first-order chi connectivity index (χ1) is 6.36. The maximum atomic E-state index is 8.68. The summed E-state index contributed by atoms with van der Waals surface area (Å²) < 4.78 is 0. The Hall–Kier alpha value is -0.980. The van der Waals surface area contributed by atoms with E-state index in [1.54, 1.807) is 18.8 Å². The molecule has 0 heterocycles. The van der Waals surface area contributed by atoms with E-state index in [0.29, 0.717) is 0 Å². The zero-order chi connectivity index (χ0) is 9.52. The van der Waals surface area contributed by atoms with Crippen LogP contribution in [-0.2, 0) is 0 Å². The van der Waals surface area contributed by atoms with E-state index < -0.39 is 0 Å². The standard InChI is InChI=1S/C10H12N2S/c1-12-9(7-11)8-13-10-5-3-2-4-6-10/h2-6,9,12H,8H2,1H3. The Morgan fingerprint density at radius 1 is 1.46 bits per heavy atom. The predicted octanol–water partition coefficient (Wildman–Crippen LogP) is 1.89. The van der Waals surface area contributed by atoms with E-state index in [-0.39, 0.29) is 6.04 Å². The second kappa shape index (κ2) is 5.63. The van der Waals surface area contributed by atoms with Gasteiger partial charge in [-0.3, -0.25) is 0 Å². The van der Waals surface area contributed by atoms with E-state index >= 15 is 0 Å². The molecule has 3 heteroatoms. The van der Waals surface area contributed by atoms with Gasteiger partial charge in [0.25, 0.3) is 0 Å². The summed E-state index contributed by atoms with van der Waals surface area (Å²) in [7, 11) is 1.80. The topological polar surface area (TPSA) is 35.8 Å². The zero-order valence-electron chi connectivity index (χ0n) is 7.53. The molecule has 0 radical (unpaired) electrons. The molecule has 0 saturated carbocycles. The largest absolute Gasteiger partial charge is 0.304 e. The number of rotatable bonds is 4. The summed E-state index contributed by atoms with van der Waals surface area (Å²) >= 11 is 1.69. The molecule has 0 aliphatic carbocycles. The lowest BCUT2D eigenvalue weighted by Crippen LogP contribution is -2.25. The molecule has 0 aliphatic rings. The molecule has 1 aromatic carbocycles. The fraction of sp³-hybridized carbons (Fsp3) is 0.300. The van der Waals surface area contributed by atoms with Crippen LogP contribution in [0.5, 0.6) is 0 Å². The van der Waals surface area contributed by atoms with Crippen molar-refractivity contribution in [3.05, 3.63) is 30.3 Å². The van der Waals surface area contributed by atoms with Crippen LogP contribution in [0.1, 0.15) is 0 Å². The minimum atomic E-state index is -0.0646. The third kappa shape index (κ3) is 3.49. The Morgan fingerprint density at radius 3 is 2.69 bits per heavy atom. The van der Waals surface area contributed by atoms with Crippen molar-refractivity contribution in [1.29, 1.82) is 5.26 Å². The fourth-order valence-electron chi connectivity index (χ4n) is 0.881. The lowest BCUT2D eigenvalue weighted by atomic mass is 10.4. The Morgan fingerprint density at radius 2 is 2.15 bits per heavy atom. The van der Waals surface area contributed by atoms with Crippen molar-refractivity contribution >= 4 is 11.8 Å². The van der Waals surface area contributed by atoms with E-state index in [4.69, 9.17) is 5.26 Å². The lowest BCUT2D eigenvalue weighted by molar-refractivity contribution is 0.750. The Balaban J connectivity index is 2.40. The molecule has 1 aromatic rings. The molecule has 13 heavy (non-hydrogen) atoms. The van der Waals surface area contributed by atoms with Gasteiger partial charge in [0.2, 0.25) is 0 Å². The van der Waals surface area contributed by atoms with Gasteiger partial charge >= 0.3 is 0 Å². The van der Waals surface area contributed by atoms with Crippen molar-refractivity contribution in [3.8, 4) is 6.07 Å². The third-order valence-corrected chi connectivity index (χ3v) is 2.77. The quantitative estimate of drug-likeness (QED) is 0.740. The number of hydrogen-bond donors (Lipinski definition) is 1. The molecule has 0 amide bonds. The first kappa shape index (κ1) is 10.1. The zero-order valence-corrected chi connectivity index (χ0v) is 8.34. The first-order valence-corrected chi connectivity index (χ1v) is 5.10. The van der Waals surface area contributed by atoms with Gasteiger partial charge in [-0.05, 0) is 19.2 Å². The van der Waals surface area contributed by atoms with Crippen LogP contribution in [0.4, 0.5) is 0 Å². The van der Waals surface area contributed by atoms with E-state index in [1.807, 2.05) is 18.2 Å². The number of nitriles is 1. The molecule has 1 rings (SSSR count). The van der Waals surface area contributed by atoms with Gasteiger partial charge in [-0.1, -0.05) is 18.2 Å². The normalized spacial score (nSPS) is 12.0. The number of nitrogens with zero attached hydrogens (tertiary/aromatic N) is 1. The Bertz CT molecular complexity index is 279. The van der Waals surface area contributed by atoms with Crippen LogP contribution in [0, 0.1) is 11.3 Å². The SMILES string of the molecule is CNC(C#N)CSc1ccccc1. The predicted molar refractivity (Wildman–Crippen MR) is 55.6 cm³/mol. The third-order valence-electron chi connectivity index (χ3n) is 1.66. The number of benzene rings is 1. The lowest BCUT2D eigenvalue weighted by Gasteiger charge is -2.06. The first-order valence-electron chi connectivity index (χ1n) is 4.11. The Kier molecular flexibility index (Phi) is 4.37. The van der Waals surface area contributed by atoms with Gasteiger partial charge in [0, 0.05) is 10.6 Å². The summed E-state index contributed by atoms with van der Waals surface area (Å²) in [6.07, 6.45) is 0. The molecule has 0 spiro atoms. The number of thioether (sulfide) groups is 1. The molecular formula is C10H12N2S. The van der Waals surface area contributed by atoms with Crippen LogP contribution >= 0.6 is 11.8 Å². The van der Waals surface area contributed by atoms with Gasteiger partial charge in [-0.15, -0.1) is 11.8 Å². The monoisotopic (exact) mass is 192 g/mol. The highest BCUT2D eigenvalue weighted by Gasteiger charge is 2.03. The summed E-state index contributed by atoms with van der Waals surface area (Å²) in [6.45, 7) is 0. The van der Waals surface area contributed by atoms with E-state index in [9.17, 15) is 0 Å². The van der Waals surface area contributed by atoms with Crippen LogP contribution in [0.3, 0.4) is 0 Å². The average molecular weight is 192 g/mol. The molecule has 2 nitrogen and oxygen atoms in total. The minimum absolute atomic E-state index is 0.0646. The molecule has 68 valence electrons. The summed E-state index contributed by atoms with van der Waals surface area (Å²) in [6, 6.07) is 12.2. The van der Waals surface area contributed by atoms with Crippen molar-refractivity contribution in [1.82, 2.24) is 5.32 Å². The summed E-state index contributed by atoms with van der Waals surface area (Å²) in [4.78, 5) is 1.21. The molecule has 0 aromatic heterocycles. The van der Waals surface area contributed by atoms with E-state index in [0.717, 1.165) is 5.75 Å². The van der Waals surface area contributed by atoms with Crippen LogP contribution in [0.2, 0.25) is 0 Å². The van der Waals surface area contributed by atoms with E-state index in [1.165, 1.54) is 4.90 Å². The van der Waals surface area contributed by atoms with E-state index in [2.05, 4.69) is 23.5 Å². The van der Waals surface area contributed by atoms with Crippen LogP contribution in [0.15, 0.2) is 35.2 Å². The van der Waals surface area contributed by atoms with Crippen molar-refractivity contribution in [2.75, 3.05) is 12.8 Å². The minimum Gasteiger partial charge on any atom is -0.304 e. The maximum Gasteiger partial charge on any atom is 0.104 e. The molecule has 1 atom stereocenters. The highest BCUT2D eigenvalue weighted by atomic mass is 32.2. The number of hydrogen-bond acceptors (Lipinski definition) is 3. The van der Waals surface area contributed by atoms with Gasteiger partial charge in [0.05, 0.1) is 6.07 Å². The Labute approximate surface area is 83.0 Å². The van der Waals surface area contributed by atoms with Gasteiger partial charge in [0.15, 0.2) is 0 Å². The van der Waals surface area contributed by atoms with Crippen molar-refractivity contribution in [2.45, 2.75) is 10.9 Å². The maximum absolute atomic E-state index is 8.68. The molecule has 1 unspecified atom stereocenters. The molecular weight excluding hydrogens is 180 g/mol.